The molecule has 3 aromatic rings. The third kappa shape index (κ3) is 2.27. The molecule has 5 heterocycles. The minimum Gasteiger partial charge on any atom is -0.370 e. The van der Waals surface area contributed by atoms with Crippen molar-refractivity contribution >= 4 is 27.4 Å². The fourth-order valence-corrected chi connectivity index (χ4v) is 5.20. The maximum absolute atomic E-state index is 6.03. The minimum absolute atomic E-state index is 0.190. The highest BCUT2D eigenvalue weighted by Crippen LogP contribution is 2.38. The lowest BCUT2D eigenvalue weighted by Crippen LogP contribution is -2.48. The summed E-state index contributed by atoms with van der Waals surface area (Å²) in [6, 6.07) is 0.190. The summed E-state index contributed by atoms with van der Waals surface area (Å²) in [4.78, 5) is 14.0. The van der Waals surface area contributed by atoms with E-state index in [-0.39, 0.29) is 12.1 Å². The van der Waals surface area contributed by atoms with Gasteiger partial charge in [0.15, 0.2) is 0 Å². The highest BCUT2D eigenvalue weighted by Gasteiger charge is 2.37. The van der Waals surface area contributed by atoms with Crippen molar-refractivity contribution in [2.75, 3.05) is 18.0 Å². The SMILES string of the molecule is CCc1c(C)sc2ncnc(N3CC[C@@H]4OCc5cnnn5[C@H]4C3)c12. The van der Waals surface area contributed by atoms with Crippen molar-refractivity contribution in [2.24, 2.45) is 0 Å². The molecule has 0 spiro atoms. The second kappa shape index (κ2) is 5.74. The topological polar surface area (TPSA) is 69.0 Å². The molecular weight excluding hydrogens is 336 g/mol. The molecular formula is C17H20N6OS. The van der Waals surface area contributed by atoms with E-state index in [1.165, 1.54) is 15.8 Å². The number of nitrogens with zero attached hydrogens (tertiary/aromatic N) is 6. The van der Waals surface area contributed by atoms with E-state index < -0.39 is 0 Å². The van der Waals surface area contributed by atoms with Crippen LogP contribution < -0.4 is 4.90 Å². The number of ether oxygens (including phenoxy) is 1. The Morgan fingerprint density at radius 3 is 3.16 bits per heavy atom. The number of anilines is 1. The van der Waals surface area contributed by atoms with Gasteiger partial charge < -0.3 is 9.64 Å². The van der Waals surface area contributed by atoms with E-state index in [0.29, 0.717) is 6.61 Å². The minimum atomic E-state index is 0.190. The van der Waals surface area contributed by atoms with E-state index in [1.54, 1.807) is 23.9 Å². The van der Waals surface area contributed by atoms with Crippen LogP contribution in [0.2, 0.25) is 0 Å². The highest BCUT2D eigenvalue weighted by molar-refractivity contribution is 7.18. The van der Waals surface area contributed by atoms with Gasteiger partial charge in [0.05, 0.1) is 36.0 Å². The molecule has 1 fully saturated rings. The summed E-state index contributed by atoms with van der Waals surface area (Å²) in [7, 11) is 0. The van der Waals surface area contributed by atoms with Crippen molar-refractivity contribution in [1.82, 2.24) is 25.0 Å². The molecule has 0 saturated carbocycles. The molecule has 2 aliphatic rings. The van der Waals surface area contributed by atoms with E-state index in [4.69, 9.17) is 4.74 Å². The molecule has 7 nitrogen and oxygen atoms in total. The summed E-state index contributed by atoms with van der Waals surface area (Å²) in [5.41, 5.74) is 2.43. The average Bonchev–Trinajstić information content (AvgIpc) is 3.24. The summed E-state index contributed by atoms with van der Waals surface area (Å²) >= 11 is 1.76. The van der Waals surface area contributed by atoms with Crippen LogP contribution in [-0.2, 0) is 17.8 Å². The first-order valence-electron chi connectivity index (χ1n) is 8.75. The molecule has 1 saturated heterocycles. The van der Waals surface area contributed by atoms with Crippen LogP contribution in [-0.4, -0.2) is 44.2 Å². The van der Waals surface area contributed by atoms with Gasteiger partial charge in [0.25, 0.3) is 0 Å². The molecule has 130 valence electrons. The molecule has 2 aliphatic heterocycles. The van der Waals surface area contributed by atoms with Crippen molar-refractivity contribution in [3.05, 3.63) is 28.7 Å². The fourth-order valence-electron chi connectivity index (χ4n) is 4.12. The van der Waals surface area contributed by atoms with Crippen molar-refractivity contribution in [3.63, 3.8) is 0 Å². The van der Waals surface area contributed by atoms with Crippen LogP contribution in [0.15, 0.2) is 12.5 Å². The lowest BCUT2D eigenvalue weighted by molar-refractivity contribution is -0.0373. The Hall–Kier alpha value is -2.06. The van der Waals surface area contributed by atoms with Crippen LogP contribution in [0.1, 0.15) is 35.5 Å². The summed E-state index contributed by atoms with van der Waals surface area (Å²) < 4.78 is 8.07. The van der Waals surface area contributed by atoms with Gasteiger partial charge in [0.1, 0.15) is 17.0 Å². The van der Waals surface area contributed by atoms with Gasteiger partial charge in [-0.3, -0.25) is 0 Å². The number of aryl methyl sites for hydroxylation is 2. The summed E-state index contributed by atoms with van der Waals surface area (Å²) in [5.74, 6) is 1.05. The number of aromatic nitrogens is 5. The predicted octanol–water partition coefficient (Wildman–Crippen LogP) is 2.50. The molecule has 0 bridgehead atoms. The first-order valence-corrected chi connectivity index (χ1v) is 9.56. The zero-order valence-corrected chi connectivity index (χ0v) is 15.2. The normalized spacial score (nSPS) is 22.9. The number of fused-ring (bicyclic) bond motifs is 4. The van der Waals surface area contributed by atoms with Gasteiger partial charge in [-0.15, -0.1) is 16.4 Å². The van der Waals surface area contributed by atoms with Gasteiger partial charge in [0, 0.05) is 18.0 Å². The average molecular weight is 356 g/mol. The van der Waals surface area contributed by atoms with Gasteiger partial charge in [0.2, 0.25) is 0 Å². The number of hydrogen-bond acceptors (Lipinski definition) is 7. The Morgan fingerprint density at radius 2 is 2.28 bits per heavy atom. The number of thiophene rings is 1. The Kier molecular flexibility index (Phi) is 3.49. The first kappa shape index (κ1) is 15.2. The van der Waals surface area contributed by atoms with Crippen molar-refractivity contribution in [3.8, 4) is 0 Å². The van der Waals surface area contributed by atoms with Gasteiger partial charge in [-0.1, -0.05) is 12.1 Å². The maximum atomic E-state index is 6.03. The second-order valence-electron chi connectivity index (χ2n) is 6.69. The Bertz CT molecular complexity index is 935. The lowest BCUT2D eigenvalue weighted by Gasteiger charge is -2.41. The maximum Gasteiger partial charge on any atom is 0.141 e. The largest absolute Gasteiger partial charge is 0.370 e. The third-order valence-corrected chi connectivity index (χ3v) is 6.41. The van der Waals surface area contributed by atoms with Crippen LogP contribution in [0.4, 0.5) is 5.82 Å². The molecule has 0 N–H and O–H groups in total. The van der Waals surface area contributed by atoms with Gasteiger partial charge in [-0.2, -0.15) is 0 Å². The summed E-state index contributed by atoms with van der Waals surface area (Å²) in [5, 5.41) is 9.59. The molecule has 5 rings (SSSR count). The molecule has 25 heavy (non-hydrogen) atoms. The quantitative estimate of drug-likeness (QED) is 0.703. The number of piperidine rings is 1. The highest BCUT2D eigenvalue weighted by atomic mass is 32.1. The van der Waals surface area contributed by atoms with Crippen LogP contribution in [0, 0.1) is 6.92 Å². The van der Waals surface area contributed by atoms with Gasteiger partial charge in [-0.05, 0) is 25.3 Å². The van der Waals surface area contributed by atoms with Gasteiger partial charge in [-0.25, -0.2) is 14.6 Å². The van der Waals surface area contributed by atoms with Crippen LogP contribution >= 0.6 is 11.3 Å². The number of rotatable bonds is 2. The Labute approximate surface area is 149 Å². The van der Waals surface area contributed by atoms with Crippen LogP contribution in [0.25, 0.3) is 10.2 Å². The lowest BCUT2D eigenvalue weighted by atomic mass is 10.00. The first-order chi connectivity index (χ1) is 12.3. The predicted molar refractivity (Wildman–Crippen MR) is 96.0 cm³/mol. The Balaban J connectivity index is 1.56. The van der Waals surface area contributed by atoms with E-state index in [1.807, 2.05) is 4.68 Å². The number of hydrogen-bond donors (Lipinski definition) is 0. The summed E-state index contributed by atoms with van der Waals surface area (Å²) in [6.07, 6.45) is 5.67. The smallest absolute Gasteiger partial charge is 0.141 e. The molecule has 8 heteroatoms. The van der Waals surface area contributed by atoms with Crippen molar-refractivity contribution in [1.29, 1.82) is 0 Å². The van der Waals surface area contributed by atoms with Crippen LogP contribution in [0.3, 0.4) is 0 Å². The van der Waals surface area contributed by atoms with E-state index >= 15 is 0 Å². The van der Waals surface area contributed by atoms with Crippen LogP contribution in [0.5, 0.6) is 0 Å². The van der Waals surface area contributed by atoms with E-state index in [0.717, 1.165) is 42.3 Å². The molecule has 0 aromatic carbocycles. The zero-order valence-electron chi connectivity index (χ0n) is 14.3. The molecule has 0 amide bonds. The second-order valence-corrected chi connectivity index (χ2v) is 7.89. The third-order valence-electron chi connectivity index (χ3n) is 5.35. The molecule has 0 aliphatic carbocycles. The zero-order chi connectivity index (χ0) is 17.0. The molecule has 3 aromatic heterocycles. The molecule has 0 radical (unpaired) electrons. The van der Waals surface area contributed by atoms with Gasteiger partial charge >= 0.3 is 0 Å². The monoisotopic (exact) mass is 356 g/mol. The van der Waals surface area contributed by atoms with Crippen molar-refractivity contribution in [2.45, 2.75) is 45.4 Å². The summed E-state index contributed by atoms with van der Waals surface area (Å²) in [6.45, 7) is 6.77. The van der Waals surface area contributed by atoms with Crippen molar-refractivity contribution < 1.29 is 4.74 Å². The standard InChI is InChI=1S/C17H20N6OS/c1-3-12-10(2)25-17-15(12)16(18-9-19-17)22-5-4-14-13(7-22)23-11(8-24-14)6-20-21-23/h6,9,13-14H,3-5,7-8H2,1-2H3/t13-,14-/m0/s1. The van der Waals surface area contributed by atoms with E-state index in [2.05, 4.69) is 39.0 Å². The Morgan fingerprint density at radius 1 is 1.36 bits per heavy atom. The fraction of sp³-hybridized carbons (Fsp3) is 0.529. The molecule has 0 unspecified atom stereocenters. The molecule has 2 atom stereocenters. The van der Waals surface area contributed by atoms with E-state index in [9.17, 15) is 0 Å².